The summed E-state index contributed by atoms with van der Waals surface area (Å²) in [5, 5.41) is 5.19. The van der Waals surface area contributed by atoms with E-state index in [4.69, 9.17) is 23.2 Å². The molecule has 1 unspecified atom stereocenters. The van der Waals surface area contributed by atoms with Gasteiger partial charge in [-0.25, -0.2) is 0 Å². The summed E-state index contributed by atoms with van der Waals surface area (Å²) in [6.45, 7) is 3.11. The van der Waals surface area contributed by atoms with Crippen LogP contribution in [0, 0.1) is 5.92 Å². The molecule has 0 amide bonds. The Kier molecular flexibility index (Phi) is 5.35. The molecule has 3 heteroatoms. The van der Waals surface area contributed by atoms with Gasteiger partial charge in [0.15, 0.2) is 0 Å². The summed E-state index contributed by atoms with van der Waals surface area (Å²) in [6.07, 6.45) is 6.63. The average molecular weight is 286 g/mol. The van der Waals surface area contributed by atoms with Gasteiger partial charge < -0.3 is 5.32 Å². The van der Waals surface area contributed by atoms with Gasteiger partial charge in [0.05, 0.1) is 0 Å². The summed E-state index contributed by atoms with van der Waals surface area (Å²) < 4.78 is 0. The Hall–Kier alpha value is -0.240. The van der Waals surface area contributed by atoms with E-state index in [2.05, 4.69) is 12.2 Å². The van der Waals surface area contributed by atoms with E-state index in [1.165, 1.54) is 32.1 Å². The van der Waals surface area contributed by atoms with Crippen LogP contribution < -0.4 is 5.32 Å². The summed E-state index contributed by atoms with van der Waals surface area (Å²) in [5.41, 5.74) is 1.16. The number of rotatable bonds is 4. The zero-order valence-electron chi connectivity index (χ0n) is 10.9. The number of nitrogens with one attached hydrogen (secondary N) is 1. The molecule has 1 aromatic carbocycles. The van der Waals surface area contributed by atoms with Crippen molar-refractivity contribution in [3.05, 3.63) is 33.8 Å². The Morgan fingerprint density at radius 1 is 1.22 bits per heavy atom. The maximum Gasteiger partial charge on any atom is 0.0454 e. The minimum atomic E-state index is 0.349. The first-order chi connectivity index (χ1) is 8.72. The van der Waals surface area contributed by atoms with Gasteiger partial charge in [-0.2, -0.15) is 0 Å². The molecule has 1 aliphatic carbocycles. The summed E-state index contributed by atoms with van der Waals surface area (Å²) in [5.74, 6) is 0.690. The molecule has 1 atom stereocenters. The summed E-state index contributed by atoms with van der Waals surface area (Å²) in [6, 6.07) is 6.14. The Morgan fingerprint density at radius 2 is 1.94 bits per heavy atom. The smallest absolute Gasteiger partial charge is 0.0454 e. The zero-order chi connectivity index (χ0) is 13.0. The van der Waals surface area contributed by atoms with Crippen molar-refractivity contribution in [1.29, 1.82) is 0 Å². The molecule has 0 spiro atoms. The highest BCUT2D eigenvalue weighted by Gasteiger charge is 2.25. The highest BCUT2D eigenvalue weighted by atomic mass is 35.5. The zero-order valence-corrected chi connectivity index (χ0v) is 12.4. The van der Waals surface area contributed by atoms with Crippen LogP contribution in [0.3, 0.4) is 0 Å². The highest BCUT2D eigenvalue weighted by molar-refractivity contribution is 6.33. The molecule has 1 fully saturated rings. The van der Waals surface area contributed by atoms with Gasteiger partial charge in [-0.05, 0) is 49.1 Å². The van der Waals surface area contributed by atoms with Crippen LogP contribution >= 0.6 is 23.2 Å². The molecule has 100 valence electrons. The number of halogens is 2. The van der Waals surface area contributed by atoms with Crippen LogP contribution in [0.4, 0.5) is 0 Å². The van der Waals surface area contributed by atoms with E-state index in [1.807, 2.05) is 18.2 Å². The molecule has 2 rings (SSSR count). The maximum atomic E-state index is 6.35. The van der Waals surface area contributed by atoms with Crippen molar-refractivity contribution in [3.8, 4) is 0 Å². The molecule has 1 aliphatic rings. The third kappa shape index (κ3) is 3.40. The maximum absolute atomic E-state index is 6.35. The van der Waals surface area contributed by atoms with Crippen molar-refractivity contribution >= 4 is 23.2 Å². The number of hydrogen-bond acceptors (Lipinski definition) is 1. The van der Waals surface area contributed by atoms with Gasteiger partial charge in [0.1, 0.15) is 0 Å². The van der Waals surface area contributed by atoms with Crippen LogP contribution in [0.2, 0.25) is 10.0 Å². The van der Waals surface area contributed by atoms with Crippen molar-refractivity contribution < 1.29 is 0 Å². The second-order valence-corrected chi connectivity index (χ2v) is 5.94. The lowest BCUT2D eigenvalue weighted by Gasteiger charge is -2.31. The second-order valence-electron chi connectivity index (χ2n) is 5.10. The fourth-order valence-electron chi connectivity index (χ4n) is 2.97. The van der Waals surface area contributed by atoms with Crippen molar-refractivity contribution in [3.63, 3.8) is 0 Å². The van der Waals surface area contributed by atoms with Gasteiger partial charge in [0.25, 0.3) is 0 Å². The van der Waals surface area contributed by atoms with Gasteiger partial charge in [0, 0.05) is 16.1 Å². The fourth-order valence-corrected chi connectivity index (χ4v) is 3.39. The molecule has 1 nitrogen and oxygen atoms in total. The molecular weight excluding hydrogens is 265 g/mol. The fraction of sp³-hybridized carbons (Fsp3) is 0.600. The molecule has 0 radical (unpaired) electrons. The van der Waals surface area contributed by atoms with Gasteiger partial charge >= 0.3 is 0 Å². The molecule has 0 heterocycles. The van der Waals surface area contributed by atoms with E-state index < -0.39 is 0 Å². The van der Waals surface area contributed by atoms with E-state index in [9.17, 15) is 0 Å². The second kappa shape index (κ2) is 6.79. The predicted molar refractivity (Wildman–Crippen MR) is 79.5 cm³/mol. The quantitative estimate of drug-likeness (QED) is 0.799. The first-order valence-electron chi connectivity index (χ1n) is 6.90. The van der Waals surface area contributed by atoms with Crippen LogP contribution in [0.25, 0.3) is 0 Å². The standard InChI is InChI=1S/C15H21Cl2N/c1-2-18-15(11-6-4-3-5-7-11)13-10-12(16)8-9-14(13)17/h8-11,15,18H,2-7H2,1H3. The molecule has 1 N–H and O–H groups in total. The van der Waals surface area contributed by atoms with Crippen molar-refractivity contribution in [2.45, 2.75) is 45.1 Å². The first kappa shape index (κ1) is 14.2. The number of benzene rings is 1. The SMILES string of the molecule is CCNC(c1cc(Cl)ccc1Cl)C1CCCCC1. The van der Waals surface area contributed by atoms with Crippen LogP contribution in [0.5, 0.6) is 0 Å². The van der Waals surface area contributed by atoms with E-state index in [0.29, 0.717) is 12.0 Å². The van der Waals surface area contributed by atoms with Crippen LogP contribution in [-0.4, -0.2) is 6.54 Å². The molecule has 0 saturated heterocycles. The normalized spacial score (nSPS) is 18.8. The monoisotopic (exact) mass is 285 g/mol. The highest BCUT2D eigenvalue weighted by Crippen LogP contribution is 2.37. The molecule has 1 saturated carbocycles. The van der Waals surface area contributed by atoms with Crippen LogP contribution in [0.15, 0.2) is 18.2 Å². The third-order valence-electron chi connectivity index (χ3n) is 3.84. The molecule has 0 aromatic heterocycles. The average Bonchev–Trinajstić information content (AvgIpc) is 2.40. The van der Waals surface area contributed by atoms with Gasteiger partial charge in [-0.15, -0.1) is 0 Å². The summed E-state index contributed by atoms with van der Waals surface area (Å²) in [7, 11) is 0. The minimum absolute atomic E-state index is 0.349. The molecule has 18 heavy (non-hydrogen) atoms. The van der Waals surface area contributed by atoms with E-state index in [0.717, 1.165) is 22.2 Å². The lowest BCUT2D eigenvalue weighted by Crippen LogP contribution is -2.29. The van der Waals surface area contributed by atoms with Gasteiger partial charge in [-0.1, -0.05) is 49.4 Å². The molecule has 0 aliphatic heterocycles. The van der Waals surface area contributed by atoms with E-state index in [1.54, 1.807) is 0 Å². The van der Waals surface area contributed by atoms with Gasteiger partial charge in [-0.3, -0.25) is 0 Å². The Bertz CT molecular complexity index is 386. The molecule has 1 aromatic rings. The lowest BCUT2D eigenvalue weighted by molar-refractivity contribution is 0.274. The van der Waals surface area contributed by atoms with E-state index >= 15 is 0 Å². The predicted octanol–water partition coefficient (Wildman–Crippen LogP) is 5.22. The van der Waals surface area contributed by atoms with Crippen LogP contribution in [-0.2, 0) is 0 Å². The van der Waals surface area contributed by atoms with Crippen molar-refractivity contribution in [1.82, 2.24) is 5.32 Å². The van der Waals surface area contributed by atoms with Crippen LogP contribution in [0.1, 0.15) is 50.6 Å². The minimum Gasteiger partial charge on any atom is -0.310 e. The number of hydrogen-bond donors (Lipinski definition) is 1. The van der Waals surface area contributed by atoms with Crippen molar-refractivity contribution in [2.75, 3.05) is 6.54 Å². The van der Waals surface area contributed by atoms with Gasteiger partial charge in [0.2, 0.25) is 0 Å². The Labute approximate surface area is 120 Å². The summed E-state index contributed by atoms with van der Waals surface area (Å²) in [4.78, 5) is 0. The Morgan fingerprint density at radius 3 is 2.61 bits per heavy atom. The Balaban J connectivity index is 2.24. The third-order valence-corrected chi connectivity index (χ3v) is 4.42. The summed E-state index contributed by atoms with van der Waals surface area (Å²) >= 11 is 12.5. The lowest BCUT2D eigenvalue weighted by atomic mass is 9.81. The topological polar surface area (TPSA) is 12.0 Å². The largest absolute Gasteiger partial charge is 0.310 e. The van der Waals surface area contributed by atoms with E-state index in [-0.39, 0.29) is 0 Å². The van der Waals surface area contributed by atoms with Crippen molar-refractivity contribution in [2.24, 2.45) is 5.92 Å². The molecular formula is C15H21Cl2N. The first-order valence-corrected chi connectivity index (χ1v) is 7.66. The molecule has 0 bridgehead atoms.